The summed E-state index contributed by atoms with van der Waals surface area (Å²) in [6, 6.07) is 6.31. The van der Waals surface area contributed by atoms with Crippen molar-refractivity contribution < 1.29 is 9.53 Å². The summed E-state index contributed by atoms with van der Waals surface area (Å²) >= 11 is 28.8. The van der Waals surface area contributed by atoms with Gasteiger partial charge in [-0.25, -0.2) is 19.7 Å². The van der Waals surface area contributed by atoms with E-state index in [2.05, 4.69) is 19.7 Å². The van der Waals surface area contributed by atoms with Crippen molar-refractivity contribution in [2.75, 3.05) is 7.11 Å². The number of aromatic nitrogens is 3. The lowest BCUT2D eigenvalue weighted by molar-refractivity contribution is 0.0601. The zero-order valence-corrected chi connectivity index (χ0v) is 15.1. The van der Waals surface area contributed by atoms with Crippen molar-refractivity contribution in [1.29, 1.82) is 0 Å². The Morgan fingerprint density at radius 2 is 1.65 bits per heavy atom. The minimum atomic E-state index is -1.87. The second-order valence-corrected chi connectivity index (χ2v) is 7.36. The van der Waals surface area contributed by atoms with Crippen LogP contribution >= 0.6 is 58.0 Å². The molecule has 0 fully saturated rings. The first-order chi connectivity index (χ1) is 10.7. The molecule has 1 aromatic heterocycles. The molecular weight excluding hydrogens is 407 g/mol. The number of halogens is 5. The van der Waals surface area contributed by atoms with Crippen molar-refractivity contribution in [1.82, 2.24) is 15.0 Å². The third-order valence-corrected chi connectivity index (χ3v) is 3.47. The van der Waals surface area contributed by atoms with Crippen LogP contribution in [0.5, 0.6) is 0 Å². The molecule has 1 aromatic carbocycles. The summed E-state index contributed by atoms with van der Waals surface area (Å²) in [6.07, 6.45) is 0. The topological polar surface area (TPSA) is 65.0 Å². The third-order valence-electron chi connectivity index (χ3n) is 2.62. The van der Waals surface area contributed by atoms with E-state index in [0.29, 0.717) is 11.1 Å². The zero-order valence-electron chi connectivity index (χ0n) is 11.4. The van der Waals surface area contributed by atoms with Gasteiger partial charge in [0, 0.05) is 5.56 Å². The Morgan fingerprint density at radius 3 is 2.13 bits per heavy atom. The first-order valence-corrected chi connectivity index (χ1v) is 7.81. The average molecular weight is 414 g/mol. The van der Waals surface area contributed by atoms with E-state index in [-0.39, 0.29) is 22.3 Å². The molecule has 121 valence electrons. The second kappa shape index (κ2) is 7.36. The molecule has 1 heterocycles. The maximum Gasteiger partial charge on any atom is 0.337 e. The fraction of sp³-hybridized carbons (Fsp3) is 0.154. The SMILES string of the molecule is COC(=O)c1ccc(-c2nc([C](Cl)Cl)nc(C(Cl)(Cl)Cl)n2)cc1. The lowest BCUT2D eigenvalue weighted by atomic mass is 10.1. The Morgan fingerprint density at radius 1 is 1.04 bits per heavy atom. The van der Waals surface area contributed by atoms with Gasteiger partial charge >= 0.3 is 5.97 Å². The highest BCUT2D eigenvalue weighted by Gasteiger charge is 2.29. The van der Waals surface area contributed by atoms with E-state index in [0.717, 1.165) is 0 Å². The molecule has 0 saturated heterocycles. The van der Waals surface area contributed by atoms with Crippen LogP contribution in [-0.4, -0.2) is 28.0 Å². The molecule has 5 nitrogen and oxygen atoms in total. The third kappa shape index (κ3) is 4.58. The number of ether oxygens (including phenoxy) is 1. The summed E-state index contributed by atoms with van der Waals surface area (Å²) in [4.78, 5) is 23.3. The maximum atomic E-state index is 11.4. The quantitative estimate of drug-likeness (QED) is 0.548. The highest BCUT2D eigenvalue weighted by Crippen LogP contribution is 2.37. The Hall–Kier alpha value is -0.850. The van der Waals surface area contributed by atoms with Crippen LogP contribution in [0.3, 0.4) is 0 Å². The van der Waals surface area contributed by atoms with Crippen molar-refractivity contribution >= 4 is 64.0 Å². The molecule has 0 aliphatic carbocycles. The smallest absolute Gasteiger partial charge is 0.337 e. The first kappa shape index (κ1) is 18.5. The Labute approximate surface area is 156 Å². The van der Waals surface area contributed by atoms with E-state index in [1.807, 2.05) is 0 Å². The van der Waals surface area contributed by atoms with Crippen LogP contribution in [0.2, 0.25) is 0 Å². The highest BCUT2D eigenvalue weighted by molar-refractivity contribution is 6.66. The standard InChI is InChI=1S/C13H7Cl5N3O2/c1-23-11(22)7-4-2-6(3-5-7)9-19-10(8(14)15)21-12(20-9)13(16,17)18/h2-5H,1H3. The number of hydrogen-bond acceptors (Lipinski definition) is 5. The molecular formula is C13H7Cl5N3O2. The van der Waals surface area contributed by atoms with Gasteiger partial charge in [0.25, 0.3) is 0 Å². The Kier molecular flexibility index (Phi) is 5.92. The minimum Gasteiger partial charge on any atom is -0.465 e. The largest absolute Gasteiger partial charge is 0.465 e. The van der Waals surface area contributed by atoms with Gasteiger partial charge in [0.15, 0.2) is 17.5 Å². The van der Waals surface area contributed by atoms with Gasteiger partial charge in [-0.3, -0.25) is 0 Å². The van der Waals surface area contributed by atoms with Crippen LogP contribution in [0.15, 0.2) is 24.3 Å². The summed E-state index contributed by atoms with van der Waals surface area (Å²) < 4.78 is 2.75. The number of nitrogens with zero attached hydrogens (tertiary/aromatic N) is 3. The van der Waals surface area contributed by atoms with Crippen LogP contribution in [0.4, 0.5) is 0 Å². The summed E-state index contributed by atoms with van der Waals surface area (Å²) in [5.74, 6) is -0.436. The lowest BCUT2D eigenvalue weighted by Gasteiger charge is -2.12. The van der Waals surface area contributed by atoms with Crippen molar-refractivity contribution in [2.45, 2.75) is 3.79 Å². The van der Waals surface area contributed by atoms with E-state index < -0.39 is 9.76 Å². The van der Waals surface area contributed by atoms with Gasteiger partial charge in [0.2, 0.25) is 8.63 Å². The van der Waals surface area contributed by atoms with Gasteiger partial charge < -0.3 is 4.74 Å². The second-order valence-electron chi connectivity index (χ2n) is 4.13. The number of hydrogen-bond donors (Lipinski definition) is 0. The highest BCUT2D eigenvalue weighted by atomic mass is 35.6. The number of methoxy groups -OCH3 is 1. The Balaban J connectivity index is 2.50. The molecule has 0 bridgehead atoms. The van der Waals surface area contributed by atoms with Crippen LogP contribution in [-0.2, 0) is 8.53 Å². The van der Waals surface area contributed by atoms with E-state index in [4.69, 9.17) is 58.0 Å². The van der Waals surface area contributed by atoms with Gasteiger partial charge in [0.05, 0.1) is 12.7 Å². The molecule has 0 atom stereocenters. The monoisotopic (exact) mass is 412 g/mol. The van der Waals surface area contributed by atoms with Crippen LogP contribution in [0, 0.1) is 4.84 Å². The molecule has 0 unspecified atom stereocenters. The van der Waals surface area contributed by atoms with Gasteiger partial charge in [0.1, 0.15) is 0 Å². The molecule has 23 heavy (non-hydrogen) atoms. The zero-order chi connectivity index (χ0) is 17.2. The number of benzene rings is 1. The molecule has 2 aromatic rings. The normalized spacial score (nSPS) is 11.6. The maximum absolute atomic E-state index is 11.4. The summed E-state index contributed by atoms with van der Waals surface area (Å²) in [5.41, 5.74) is 0.917. The number of alkyl halides is 3. The molecule has 0 saturated carbocycles. The average Bonchev–Trinajstić information content (AvgIpc) is 2.53. The van der Waals surface area contributed by atoms with E-state index in [1.165, 1.54) is 7.11 Å². The van der Waals surface area contributed by atoms with E-state index in [1.54, 1.807) is 24.3 Å². The van der Waals surface area contributed by atoms with Gasteiger partial charge in [-0.1, -0.05) is 70.1 Å². The minimum absolute atomic E-state index is 0.0308. The summed E-state index contributed by atoms with van der Waals surface area (Å²) in [5, 5.41) is 0. The Bertz CT molecular complexity index is 717. The van der Waals surface area contributed by atoms with Crippen molar-refractivity contribution in [2.24, 2.45) is 0 Å². The van der Waals surface area contributed by atoms with Gasteiger partial charge in [-0.15, -0.1) is 0 Å². The van der Waals surface area contributed by atoms with Gasteiger partial charge in [-0.2, -0.15) is 0 Å². The van der Waals surface area contributed by atoms with Crippen LogP contribution in [0.1, 0.15) is 22.0 Å². The van der Waals surface area contributed by atoms with E-state index in [9.17, 15) is 4.79 Å². The van der Waals surface area contributed by atoms with E-state index >= 15 is 0 Å². The molecule has 0 aliphatic heterocycles. The molecule has 2 rings (SSSR count). The predicted molar refractivity (Wildman–Crippen MR) is 89.9 cm³/mol. The lowest BCUT2D eigenvalue weighted by Crippen LogP contribution is -2.12. The fourth-order valence-electron chi connectivity index (χ4n) is 1.59. The summed E-state index contributed by atoms with van der Waals surface area (Å²) in [7, 11) is 1.29. The summed E-state index contributed by atoms with van der Waals surface area (Å²) in [6.45, 7) is 0. The fourth-order valence-corrected chi connectivity index (χ4v) is 2.01. The number of carbonyl (C=O) groups is 1. The number of rotatable bonds is 3. The molecule has 0 spiro atoms. The number of carbonyl (C=O) groups excluding carboxylic acids is 1. The molecule has 1 radical (unpaired) electrons. The molecule has 0 amide bonds. The van der Waals surface area contributed by atoms with Crippen molar-refractivity contribution in [3.05, 3.63) is 46.3 Å². The molecule has 0 N–H and O–H groups in total. The number of esters is 1. The predicted octanol–water partition coefficient (Wildman–Crippen LogP) is 4.47. The first-order valence-electron chi connectivity index (χ1n) is 5.92. The van der Waals surface area contributed by atoms with Crippen LogP contribution in [0.25, 0.3) is 11.4 Å². The van der Waals surface area contributed by atoms with Crippen molar-refractivity contribution in [3.63, 3.8) is 0 Å². The molecule has 0 aliphatic rings. The van der Waals surface area contributed by atoms with Crippen LogP contribution < -0.4 is 0 Å². The van der Waals surface area contributed by atoms with Crippen molar-refractivity contribution in [3.8, 4) is 11.4 Å². The molecule has 10 heteroatoms. The van der Waals surface area contributed by atoms with Gasteiger partial charge in [-0.05, 0) is 12.1 Å².